The van der Waals surface area contributed by atoms with Crippen LogP contribution in [-0.4, -0.2) is 38.2 Å². The molecule has 2 aromatic heterocycles. The molecule has 1 saturated heterocycles. The molecule has 29 heavy (non-hydrogen) atoms. The standard InChI is InChI=1S/C20H17F3N4OS/c21-20(22,23)13-5-1-6-14(11-13)27-18(16-7-3-9-29-16)24-17(25-27)19(28)26-8-2-4-12-10-15(12)26/h1,3,5-7,9,11-12,15H,2,4,8,10H2. The highest BCUT2D eigenvalue weighted by Crippen LogP contribution is 2.43. The summed E-state index contributed by atoms with van der Waals surface area (Å²) in [6.07, 6.45) is -1.36. The maximum absolute atomic E-state index is 13.2. The molecule has 3 aromatic rings. The Morgan fingerprint density at radius 2 is 2.07 bits per heavy atom. The Kier molecular flexibility index (Phi) is 4.23. The number of nitrogens with zero attached hydrogens (tertiary/aromatic N) is 4. The number of hydrogen-bond acceptors (Lipinski definition) is 4. The number of aromatic nitrogens is 3. The normalized spacial score (nSPS) is 21.1. The van der Waals surface area contributed by atoms with Crippen LogP contribution in [0.25, 0.3) is 16.4 Å². The predicted octanol–water partition coefficient (Wildman–Crippen LogP) is 4.64. The van der Waals surface area contributed by atoms with E-state index in [4.69, 9.17) is 0 Å². The van der Waals surface area contributed by atoms with Crippen molar-refractivity contribution in [3.05, 3.63) is 53.2 Å². The van der Waals surface area contributed by atoms with Crippen LogP contribution in [0.4, 0.5) is 13.2 Å². The summed E-state index contributed by atoms with van der Waals surface area (Å²) in [6.45, 7) is 0.673. The highest BCUT2D eigenvalue weighted by atomic mass is 32.1. The molecule has 0 spiro atoms. The van der Waals surface area contributed by atoms with Gasteiger partial charge in [0.2, 0.25) is 5.82 Å². The second-order valence-electron chi connectivity index (χ2n) is 7.40. The minimum absolute atomic E-state index is 0.0263. The third kappa shape index (κ3) is 3.33. The molecule has 5 nitrogen and oxygen atoms in total. The molecule has 1 amide bonds. The summed E-state index contributed by atoms with van der Waals surface area (Å²) >= 11 is 1.39. The zero-order valence-electron chi connectivity index (χ0n) is 15.3. The average molecular weight is 418 g/mol. The van der Waals surface area contributed by atoms with Gasteiger partial charge >= 0.3 is 6.18 Å². The third-order valence-electron chi connectivity index (χ3n) is 5.48. The minimum atomic E-state index is -4.47. The number of likely N-dealkylation sites (tertiary alicyclic amines) is 1. The molecule has 1 saturated carbocycles. The van der Waals surface area contributed by atoms with Gasteiger partial charge in [-0.1, -0.05) is 12.1 Å². The number of amides is 1. The molecule has 2 aliphatic rings. The Morgan fingerprint density at radius 1 is 1.21 bits per heavy atom. The van der Waals surface area contributed by atoms with Gasteiger partial charge in [-0.2, -0.15) is 13.2 Å². The summed E-state index contributed by atoms with van der Waals surface area (Å²) in [5, 5.41) is 6.19. The molecule has 2 unspecified atom stereocenters. The Bertz CT molecular complexity index is 1060. The van der Waals surface area contributed by atoms with Crippen LogP contribution in [0.5, 0.6) is 0 Å². The smallest absolute Gasteiger partial charge is 0.333 e. The van der Waals surface area contributed by atoms with Crippen molar-refractivity contribution in [3.8, 4) is 16.4 Å². The zero-order valence-corrected chi connectivity index (χ0v) is 16.1. The van der Waals surface area contributed by atoms with Crippen molar-refractivity contribution >= 4 is 17.2 Å². The van der Waals surface area contributed by atoms with Crippen LogP contribution in [0.1, 0.15) is 35.4 Å². The molecule has 0 bridgehead atoms. The summed E-state index contributed by atoms with van der Waals surface area (Å²) < 4.78 is 40.9. The molecule has 150 valence electrons. The minimum Gasteiger partial charge on any atom is -0.333 e. The highest BCUT2D eigenvalue weighted by molar-refractivity contribution is 7.13. The van der Waals surface area contributed by atoms with Gasteiger partial charge in [-0.3, -0.25) is 4.79 Å². The van der Waals surface area contributed by atoms with E-state index in [0.29, 0.717) is 18.3 Å². The van der Waals surface area contributed by atoms with E-state index >= 15 is 0 Å². The number of thiophene rings is 1. The molecule has 5 rings (SSSR count). The quantitative estimate of drug-likeness (QED) is 0.623. The van der Waals surface area contributed by atoms with E-state index in [1.165, 1.54) is 28.2 Å². The summed E-state index contributed by atoms with van der Waals surface area (Å²) in [6, 6.07) is 8.79. The van der Waals surface area contributed by atoms with Crippen LogP contribution in [0.3, 0.4) is 0 Å². The number of alkyl halides is 3. The van der Waals surface area contributed by atoms with Crippen molar-refractivity contribution in [2.24, 2.45) is 5.92 Å². The molecule has 1 aliphatic heterocycles. The van der Waals surface area contributed by atoms with E-state index in [-0.39, 0.29) is 23.5 Å². The van der Waals surface area contributed by atoms with Gasteiger partial charge < -0.3 is 4.90 Å². The van der Waals surface area contributed by atoms with Crippen LogP contribution in [-0.2, 0) is 6.18 Å². The van der Waals surface area contributed by atoms with Crippen LogP contribution >= 0.6 is 11.3 Å². The molecule has 0 N–H and O–H groups in total. The van der Waals surface area contributed by atoms with E-state index in [1.807, 2.05) is 22.4 Å². The van der Waals surface area contributed by atoms with Gasteiger partial charge in [0.1, 0.15) is 0 Å². The van der Waals surface area contributed by atoms with Crippen molar-refractivity contribution in [1.82, 2.24) is 19.7 Å². The number of rotatable bonds is 3. The number of carbonyl (C=O) groups excluding carboxylic acids is 1. The summed E-state index contributed by atoms with van der Waals surface area (Å²) in [5.41, 5.74) is -0.551. The fourth-order valence-corrected chi connectivity index (χ4v) is 4.65. The van der Waals surface area contributed by atoms with Gasteiger partial charge in [0, 0.05) is 12.6 Å². The van der Waals surface area contributed by atoms with Crippen LogP contribution in [0.15, 0.2) is 41.8 Å². The Balaban J connectivity index is 1.57. The van der Waals surface area contributed by atoms with Gasteiger partial charge in [-0.25, -0.2) is 9.67 Å². The molecule has 1 aliphatic carbocycles. The molecule has 1 aromatic carbocycles. The molecule has 9 heteroatoms. The highest BCUT2D eigenvalue weighted by Gasteiger charge is 2.47. The molecular formula is C20H17F3N4OS. The molecule has 2 atom stereocenters. The second kappa shape index (κ2) is 6.69. The van der Waals surface area contributed by atoms with Gasteiger partial charge in [-0.15, -0.1) is 16.4 Å². The Labute approximate surface area is 168 Å². The maximum Gasteiger partial charge on any atom is 0.416 e. The number of piperidine rings is 1. The first-order valence-electron chi connectivity index (χ1n) is 9.41. The van der Waals surface area contributed by atoms with Crippen molar-refractivity contribution in [3.63, 3.8) is 0 Å². The molecule has 3 heterocycles. The molecule has 0 radical (unpaired) electrons. The van der Waals surface area contributed by atoms with E-state index in [0.717, 1.165) is 36.3 Å². The van der Waals surface area contributed by atoms with Crippen LogP contribution in [0, 0.1) is 5.92 Å². The van der Waals surface area contributed by atoms with Crippen molar-refractivity contribution in [2.45, 2.75) is 31.5 Å². The first-order chi connectivity index (χ1) is 13.9. The fraction of sp³-hybridized carbons (Fsp3) is 0.350. The number of benzene rings is 1. The first-order valence-corrected chi connectivity index (χ1v) is 10.3. The second-order valence-corrected chi connectivity index (χ2v) is 8.35. The lowest BCUT2D eigenvalue weighted by atomic mass is 10.1. The predicted molar refractivity (Wildman–Crippen MR) is 102 cm³/mol. The number of hydrogen-bond donors (Lipinski definition) is 0. The first kappa shape index (κ1) is 18.4. The van der Waals surface area contributed by atoms with E-state index in [1.54, 1.807) is 0 Å². The lowest BCUT2D eigenvalue weighted by Crippen LogP contribution is -2.38. The van der Waals surface area contributed by atoms with Gasteiger partial charge in [0.15, 0.2) is 5.82 Å². The van der Waals surface area contributed by atoms with Crippen LogP contribution in [0.2, 0.25) is 0 Å². The zero-order chi connectivity index (χ0) is 20.2. The van der Waals surface area contributed by atoms with Crippen LogP contribution < -0.4 is 0 Å². The van der Waals surface area contributed by atoms with E-state index in [2.05, 4.69) is 10.1 Å². The topological polar surface area (TPSA) is 51.0 Å². The summed E-state index contributed by atoms with van der Waals surface area (Å²) in [7, 11) is 0. The van der Waals surface area contributed by atoms with E-state index < -0.39 is 11.7 Å². The van der Waals surface area contributed by atoms with Crippen molar-refractivity contribution in [2.75, 3.05) is 6.54 Å². The van der Waals surface area contributed by atoms with Crippen molar-refractivity contribution in [1.29, 1.82) is 0 Å². The SMILES string of the molecule is O=C(c1nc(-c2cccs2)n(-c2cccc(C(F)(F)F)c2)n1)N1CCCC2CC21. The van der Waals surface area contributed by atoms with E-state index in [9.17, 15) is 18.0 Å². The largest absolute Gasteiger partial charge is 0.416 e. The van der Waals surface area contributed by atoms with Gasteiger partial charge in [-0.05, 0) is 54.8 Å². The maximum atomic E-state index is 13.2. The monoisotopic (exact) mass is 418 g/mol. The summed E-state index contributed by atoms with van der Waals surface area (Å²) in [4.78, 5) is 20.0. The number of carbonyl (C=O) groups is 1. The average Bonchev–Trinajstić information content (AvgIpc) is 3.11. The lowest BCUT2D eigenvalue weighted by Gasteiger charge is -2.25. The summed E-state index contributed by atoms with van der Waals surface area (Å²) in [5.74, 6) is 0.709. The molecule has 2 fully saturated rings. The third-order valence-corrected chi connectivity index (χ3v) is 6.34. The molecular weight excluding hydrogens is 401 g/mol. The Morgan fingerprint density at radius 3 is 2.83 bits per heavy atom. The fourth-order valence-electron chi connectivity index (χ4n) is 3.96. The lowest BCUT2D eigenvalue weighted by molar-refractivity contribution is -0.137. The van der Waals surface area contributed by atoms with Gasteiger partial charge in [0.25, 0.3) is 5.91 Å². The van der Waals surface area contributed by atoms with Gasteiger partial charge in [0.05, 0.1) is 16.1 Å². The number of halogens is 3. The van der Waals surface area contributed by atoms with Crippen molar-refractivity contribution < 1.29 is 18.0 Å². The Hall–Kier alpha value is -2.68. The number of fused-ring (bicyclic) bond motifs is 1.